The molecule has 1 aromatic carbocycles. The van der Waals surface area contributed by atoms with E-state index in [1.54, 1.807) is 41.4 Å². The maximum absolute atomic E-state index is 12.7. The molecule has 0 spiro atoms. The van der Waals surface area contributed by atoms with Gasteiger partial charge in [-0.15, -0.1) is 0 Å². The molecule has 1 fully saturated rings. The summed E-state index contributed by atoms with van der Waals surface area (Å²) in [5.74, 6) is 1.81. The summed E-state index contributed by atoms with van der Waals surface area (Å²) in [5, 5.41) is 2.86. The van der Waals surface area contributed by atoms with E-state index in [1.165, 1.54) is 0 Å². The molecule has 3 heterocycles. The number of fused-ring (bicyclic) bond motifs is 1. The van der Waals surface area contributed by atoms with Crippen LogP contribution in [-0.4, -0.2) is 41.6 Å². The minimum absolute atomic E-state index is 0.0156. The van der Waals surface area contributed by atoms with E-state index in [9.17, 15) is 9.59 Å². The van der Waals surface area contributed by atoms with Crippen LogP contribution < -0.4 is 19.5 Å². The molecule has 0 bridgehead atoms. The monoisotopic (exact) mass is 397 g/mol. The number of benzene rings is 1. The quantitative estimate of drug-likeness (QED) is 0.806. The molecule has 4 rings (SSSR count). The molecule has 29 heavy (non-hydrogen) atoms. The number of nitrogens with one attached hydrogen (secondary N) is 1. The van der Waals surface area contributed by atoms with Gasteiger partial charge in [-0.2, -0.15) is 0 Å². The van der Waals surface area contributed by atoms with Crippen LogP contribution in [0.25, 0.3) is 0 Å². The molecule has 1 atom stereocenters. The van der Waals surface area contributed by atoms with Gasteiger partial charge in [-0.3, -0.25) is 9.59 Å². The van der Waals surface area contributed by atoms with Gasteiger partial charge in [0.25, 0.3) is 0 Å². The summed E-state index contributed by atoms with van der Waals surface area (Å²) in [6.45, 7) is 5.37. The number of hydrogen-bond donors (Lipinski definition) is 1. The van der Waals surface area contributed by atoms with Crippen molar-refractivity contribution in [3.63, 3.8) is 0 Å². The van der Waals surface area contributed by atoms with Crippen molar-refractivity contribution >= 4 is 17.5 Å². The number of carbonyl (C=O) groups is 2. The standard InChI is InChI=1S/C21H23N3O5/c1-13(2)10-24-11-14(8-19(24)25)20(26)23-16-4-3-7-22-21(16)29-15-5-6-17-18(9-15)28-12-27-17/h3-7,9,13-14H,8,10-12H2,1-2H3,(H,23,26)/t14-/m0/s1. The SMILES string of the molecule is CC(C)CN1C[C@@H](C(=O)Nc2cccnc2Oc2ccc3c(c2)OCO3)CC1=O. The molecule has 152 valence electrons. The zero-order chi connectivity index (χ0) is 20.4. The zero-order valence-corrected chi connectivity index (χ0v) is 16.4. The van der Waals surface area contributed by atoms with Gasteiger partial charge in [0.1, 0.15) is 11.4 Å². The van der Waals surface area contributed by atoms with Crippen molar-refractivity contribution in [2.24, 2.45) is 11.8 Å². The summed E-state index contributed by atoms with van der Waals surface area (Å²) in [4.78, 5) is 30.9. The smallest absolute Gasteiger partial charge is 0.243 e. The number of amides is 2. The highest BCUT2D eigenvalue weighted by Crippen LogP contribution is 2.37. The molecule has 8 heteroatoms. The first-order valence-electron chi connectivity index (χ1n) is 9.61. The normalized spacial score (nSPS) is 17.7. The Morgan fingerprint density at radius 2 is 2.14 bits per heavy atom. The Labute approximate surface area is 168 Å². The van der Waals surface area contributed by atoms with Gasteiger partial charge in [0.2, 0.25) is 24.5 Å². The largest absolute Gasteiger partial charge is 0.454 e. The van der Waals surface area contributed by atoms with Gasteiger partial charge in [-0.1, -0.05) is 13.8 Å². The van der Waals surface area contributed by atoms with Crippen molar-refractivity contribution in [3.05, 3.63) is 36.5 Å². The Morgan fingerprint density at radius 3 is 2.97 bits per heavy atom. The average molecular weight is 397 g/mol. The number of likely N-dealkylation sites (tertiary alicyclic amines) is 1. The molecule has 2 aliphatic rings. The predicted molar refractivity (Wildman–Crippen MR) is 105 cm³/mol. The number of nitrogens with zero attached hydrogens (tertiary/aromatic N) is 2. The van der Waals surface area contributed by atoms with Gasteiger partial charge in [-0.25, -0.2) is 4.98 Å². The molecule has 0 aliphatic carbocycles. The molecule has 0 saturated carbocycles. The summed E-state index contributed by atoms with van der Waals surface area (Å²) < 4.78 is 16.5. The minimum atomic E-state index is -0.389. The molecule has 1 aromatic heterocycles. The van der Waals surface area contributed by atoms with Crippen LogP contribution in [0.15, 0.2) is 36.5 Å². The van der Waals surface area contributed by atoms with Gasteiger partial charge < -0.3 is 24.4 Å². The van der Waals surface area contributed by atoms with Crippen molar-refractivity contribution in [2.45, 2.75) is 20.3 Å². The second kappa shape index (κ2) is 7.98. The maximum atomic E-state index is 12.7. The molecule has 0 unspecified atom stereocenters. The van der Waals surface area contributed by atoms with E-state index in [2.05, 4.69) is 24.1 Å². The highest BCUT2D eigenvalue weighted by Gasteiger charge is 2.34. The van der Waals surface area contributed by atoms with Gasteiger partial charge in [-0.05, 0) is 30.2 Å². The lowest BCUT2D eigenvalue weighted by molar-refractivity contribution is -0.128. The van der Waals surface area contributed by atoms with Gasteiger partial charge >= 0.3 is 0 Å². The fraction of sp³-hybridized carbons (Fsp3) is 0.381. The van der Waals surface area contributed by atoms with E-state index in [1.807, 2.05) is 0 Å². The molecule has 8 nitrogen and oxygen atoms in total. The first kappa shape index (κ1) is 19.0. The summed E-state index contributed by atoms with van der Waals surface area (Å²) >= 11 is 0. The van der Waals surface area contributed by atoms with Crippen molar-refractivity contribution in [3.8, 4) is 23.1 Å². The van der Waals surface area contributed by atoms with Crippen LogP contribution in [0.4, 0.5) is 5.69 Å². The van der Waals surface area contributed by atoms with Gasteiger partial charge in [0, 0.05) is 31.8 Å². The molecule has 2 amide bonds. The minimum Gasteiger partial charge on any atom is -0.454 e. The van der Waals surface area contributed by atoms with Crippen LogP contribution in [-0.2, 0) is 9.59 Å². The lowest BCUT2D eigenvalue weighted by Gasteiger charge is -2.19. The lowest BCUT2D eigenvalue weighted by Crippen LogP contribution is -2.31. The fourth-order valence-electron chi connectivity index (χ4n) is 3.42. The Bertz CT molecular complexity index is 930. The predicted octanol–water partition coefficient (Wildman–Crippen LogP) is 3.05. The van der Waals surface area contributed by atoms with Crippen LogP contribution in [0.5, 0.6) is 23.1 Å². The van der Waals surface area contributed by atoms with E-state index >= 15 is 0 Å². The Morgan fingerprint density at radius 1 is 1.31 bits per heavy atom. The lowest BCUT2D eigenvalue weighted by atomic mass is 10.1. The van der Waals surface area contributed by atoms with Crippen LogP contribution in [0.2, 0.25) is 0 Å². The average Bonchev–Trinajstić information content (AvgIpc) is 3.29. The van der Waals surface area contributed by atoms with Gasteiger partial charge in [0.15, 0.2) is 11.5 Å². The number of pyridine rings is 1. The third-order valence-electron chi connectivity index (χ3n) is 4.76. The maximum Gasteiger partial charge on any atom is 0.243 e. The molecular formula is C21H23N3O5. The van der Waals surface area contributed by atoms with E-state index < -0.39 is 0 Å². The van der Waals surface area contributed by atoms with E-state index in [0.717, 1.165) is 0 Å². The second-order valence-corrected chi connectivity index (χ2v) is 7.56. The van der Waals surface area contributed by atoms with Gasteiger partial charge in [0.05, 0.1) is 5.92 Å². The van der Waals surface area contributed by atoms with Crippen LogP contribution in [0.1, 0.15) is 20.3 Å². The van der Waals surface area contributed by atoms with Crippen LogP contribution in [0.3, 0.4) is 0 Å². The van der Waals surface area contributed by atoms with E-state index in [-0.39, 0.29) is 36.8 Å². The van der Waals surface area contributed by atoms with Crippen molar-refractivity contribution in [2.75, 3.05) is 25.2 Å². The Balaban J connectivity index is 1.45. The Hall–Kier alpha value is -3.29. The summed E-state index contributed by atoms with van der Waals surface area (Å²) in [6, 6.07) is 8.64. The molecule has 0 radical (unpaired) electrons. The Kier molecular flexibility index (Phi) is 5.24. The van der Waals surface area contributed by atoms with Crippen LogP contribution in [0, 0.1) is 11.8 Å². The van der Waals surface area contributed by atoms with E-state index in [4.69, 9.17) is 14.2 Å². The number of carbonyl (C=O) groups excluding carboxylic acids is 2. The molecule has 1 N–H and O–H groups in total. The third kappa shape index (κ3) is 4.26. The summed E-state index contributed by atoms with van der Waals surface area (Å²) in [5.41, 5.74) is 0.449. The van der Waals surface area contributed by atoms with Crippen LogP contribution >= 0.6 is 0 Å². The fourth-order valence-corrected chi connectivity index (χ4v) is 3.42. The number of anilines is 1. The highest BCUT2D eigenvalue weighted by molar-refractivity contribution is 5.97. The number of rotatable bonds is 6. The molecule has 1 saturated heterocycles. The topological polar surface area (TPSA) is 90.0 Å². The van der Waals surface area contributed by atoms with Crippen molar-refractivity contribution < 1.29 is 23.8 Å². The molecular weight excluding hydrogens is 374 g/mol. The summed E-state index contributed by atoms with van der Waals surface area (Å²) in [7, 11) is 0. The summed E-state index contributed by atoms with van der Waals surface area (Å²) in [6.07, 6.45) is 1.80. The van der Waals surface area contributed by atoms with Crippen molar-refractivity contribution in [1.82, 2.24) is 9.88 Å². The molecule has 2 aliphatic heterocycles. The second-order valence-electron chi connectivity index (χ2n) is 7.56. The number of hydrogen-bond acceptors (Lipinski definition) is 6. The highest BCUT2D eigenvalue weighted by atomic mass is 16.7. The zero-order valence-electron chi connectivity index (χ0n) is 16.4. The molecule has 2 aromatic rings. The number of ether oxygens (including phenoxy) is 3. The first-order valence-corrected chi connectivity index (χ1v) is 9.61. The van der Waals surface area contributed by atoms with Crippen molar-refractivity contribution in [1.29, 1.82) is 0 Å². The number of aromatic nitrogens is 1. The van der Waals surface area contributed by atoms with E-state index in [0.29, 0.717) is 41.9 Å². The third-order valence-corrected chi connectivity index (χ3v) is 4.76. The first-order chi connectivity index (χ1) is 14.0.